The van der Waals surface area contributed by atoms with Gasteiger partial charge in [0.2, 0.25) is 0 Å². The first kappa shape index (κ1) is 16.4. The molecule has 1 aliphatic rings. The van der Waals surface area contributed by atoms with Crippen LogP contribution < -0.4 is 10.1 Å². The molecule has 0 spiro atoms. The summed E-state index contributed by atoms with van der Waals surface area (Å²) in [6.45, 7) is 0.896. The fraction of sp³-hybridized carbons (Fsp3) is 0.429. The highest BCUT2D eigenvalue weighted by atomic mass is 32.2. The lowest BCUT2D eigenvalue weighted by molar-refractivity contribution is -0.123. The van der Waals surface area contributed by atoms with E-state index in [4.69, 9.17) is 4.74 Å². The van der Waals surface area contributed by atoms with Crippen LogP contribution in [0.3, 0.4) is 0 Å². The molecule has 1 unspecified atom stereocenters. The van der Waals surface area contributed by atoms with Gasteiger partial charge in [0.1, 0.15) is 11.6 Å². The SMILES string of the molecule is CC(=O)c1cc(F)ccc1OCC(=O)NC1CCS(=O)(=O)C1. The summed E-state index contributed by atoms with van der Waals surface area (Å²) in [6, 6.07) is 3.03. The summed E-state index contributed by atoms with van der Waals surface area (Å²) in [5.74, 6) is -1.34. The minimum Gasteiger partial charge on any atom is -0.483 e. The highest BCUT2D eigenvalue weighted by Crippen LogP contribution is 2.20. The van der Waals surface area contributed by atoms with Crippen molar-refractivity contribution in [2.75, 3.05) is 18.1 Å². The number of nitrogens with one attached hydrogen (secondary N) is 1. The second-order valence-electron chi connectivity index (χ2n) is 5.15. The van der Waals surface area contributed by atoms with Crippen LogP contribution in [0.4, 0.5) is 4.39 Å². The summed E-state index contributed by atoms with van der Waals surface area (Å²) in [5.41, 5.74) is 0.0521. The zero-order valence-electron chi connectivity index (χ0n) is 12.0. The maximum Gasteiger partial charge on any atom is 0.258 e. The van der Waals surface area contributed by atoms with Crippen LogP contribution in [0.25, 0.3) is 0 Å². The minimum absolute atomic E-state index is 0.0521. The van der Waals surface area contributed by atoms with Gasteiger partial charge in [-0.15, -0.1) is 0 Å². The predicted molar refractivity (Wildman–Crippen MR) is 77.1 cm³/mol. The number of ketones is 1. The van der Waals surface area contributed by atoms with Crippen molar-refractivity contribution in [3.05, 3.63) is 29.6 Å². The quantitative estimate of drug-likeness (QED) is 0.804. The van der Waals surface area contributed by atoms with Gasteiger partial charge in [-0.05, 0) is 31.5 Å². The average molecular weight is 329 g/mol. The van der Waals surface area contributed by atoms with Crippen LogP contribution >= 0.6 is 0 Å². The van der Waals surface area contributed by atoms with E-state index in [-0.39, 0.29) is 35.2 Å². The molecule has 22 heavy (non-hydrogen) atoms. The van der Waals surface area contributed by atoms with Crippen LogP contribution in [0.5, 0.6) is 5.75 Å². The standard InChI is InChI=1S/C14H16FNO5S/c1-9(17)12-6-10(15)2-3-13(12)21-7-14(18)16-11-4-5-22(19,20)8-11/h2-3,6,11H,4-5,7-8H2,1H3,(H,16,18). The van der Waals surface area contributed by atoms with E-state index < -0.39 is 27.6 Å². The molecule has 1 aromatic rings. The number of halogens is 1. The molecule has 120 valence electrons. The van der Waals surface area contributed by atoms with Crippen LogP contribution in [-0.2, 0) is 14.6 Å². The number of carbonyl (C=O) groups is 2. The topological polar surface area (TPSA) is 89.5 Å². The lowest BCUT2D eigenvalue weighted by Crippen LogP contribution is -2.38. The van der Waals surface area contributed by atoms with Gasteiger partial charge >= 0.3 is 0 Å². The number of hydrogen-bond acceptors (Lipinski definition) is 5. The van der Waals surface area contributed by atoms with Gasteiger partial charge in [-0.2, -0.15) is 0 Å². The molecule has 8 heteroatoms. The molecular weight excluding hydrogens is 313 g/mol. The molecule has 1 amide bonds. The van der Waals surface area contributed by atoms with Gasteiger partial charge < -0.3 is 10.1 Å². The Balaban J connectivity index is 1.93. The summed E-state index contributed by atoms with van der Waals surface area (Å²) in [7, 11) is -3.07. The Hall–Kier alpha value is -1.96. The van der Waals surface area contributed by atoms with Crippen LogP contribution in [0.1, 0.15) is 23.7 Å². The van der Waals surface area contributed by atoms with Crippen LogP contribution in [0.15, 0.2) is 18.2 Å². The van der Waals surface area contributed by atoms with Gasteiger partial charge in [0.15, 0.2) is 22.2 Å². The number of amides is 1. The minimum atomic E-state index is -3.07. The molecule has 0 aromatic heterocycles. The fourth-order valence-electron chi connectivity index (χ4n) is 2.22. The number of carbonyl (C=O) groups excluding carboxylic acids is 2. The summed E-state index contributed by atoms with van der Waals surface area (Å²) in [5, 5.41) is 2.56. The van der Waals surface area contributed by atoms with Gasteiger partial charge in [0.25, 0.3) is 5.91 Å². The third kappa shape index (κ3) is 4.27. The van der Waals surface area contributed by atoms with Gasteiger partial charge in [-0.3, -0.25) is 9.59 Å². The number of rotatable bonds is 5. The highest BCUT2D eigenvalue weighted by molar-refractivity contribution is 7.91. The molecule has 1 fully saturated rings. The largest absolute Gasteiger partial charge is 0.483 e. The fourth-order valence-corrected chi connectivity index (χ4v) is 3.90. The normalized spacial score (nSPS) is 19.6. The zero-order chi connectivity index (χ0) is 16.3. The summed E-state index contributed by atoms with van der Waals surface area (Å²) >= 11 is 0. The average Bonchev–Trinajstić information content (AvgIpc) is 2.76. The second-order valence-corrected chi connectivity index (χ2v) is 7.38. The van der Waals surface area contributed by atoms with Gasteiger partial charge in [-0.25, -0.2) is 12.8 Å². The molecule has 1 aliphatic heterocycles. The van der Waals surface area contributed by atoms with Crippen molar-refractivity contribution < 1.29 is 27.1 Å². The van der Waals surface area contributed by atoms with E-state index in [0.29, 0.717) is 6.42 Å². The van der Waals surface area contributed by atoms with E-state index in [1.165, 1.54) is 13.0 Å². The number of ether oxygens (including phenoxy) is 1. The molecule has 0 saturated carbocycles. The first-order valence-corrected chi connectivity index (χ1v) is 8.52. The van der Waals surface area contributed by atoms with E-state index in [1.807, 2.05) is 0 Å². The molecule has 1 N–H and O–H groups in total. The summed E-state index contributed by atoms with van der Waals surface area (Å²) in [4.78, 5) is 23.1. The predicted octanol–water partition coefficient (Wildman–Crippen LogP) is 0.710. The van der Waals surface area contributed by atoms with Crippen molar-refractivity contribution in [1.29, 1.82) is 0 Å². The molecule has 0 radical (unpaired) electrons. The van der Waals surface area contributed by atoms with Crippen molar-refractivity contribution in [2.24, 2.45) is 0 Å². The van der Waals surface area contributed by atoms with Crippen LogP contribution in [0, 0.1) is 5.82 Å². The lowest BCUT2D eigenvalue weighted by atomic mass is 10.1. The number of benzene rings is 1. The highest BCUT2D eigenvalue weighted by Gasteiger charge is 2.28. The third-order valence-corrected chi connectivity index (χ3v) is 5.05. The monoisotopic (exact) mass is 329 g/mol. The molecular formula is C14H16FNO5S. The van der Waals surface area contributed by atoms with Crippen molar-refractivity contribution in [2.45, 2.75) is 19.4 Å². The van der Waals surface area contributed by atoms with Crippen LogP contribution in [-0.4, -0.2) is 44.3 Å². The summed E-state index contributed by atoms with van der Waals surface area (Å²) < 4.78 is 40.9. The van der Waals surface area contributed by atoms with E-state index in [9.17, 15) is 22.4 Å². The van der Waals surface area contributed by atoms with E-state index >= 15 is 0 Å². The molecule has 1 aromatic carbocycles. The zero-order valence-corrected chi connectivity index (χ0v) is 12.8. The van der Waals surface area contributed by atoms with E-state index in [2.05, 4.69) is 5.32 Å². The Kier molecular flexibility index (Phi) is 4.80. The first-order chi connectivity index (χ1) is 10.3. The van der Waals surface area contributed by atoms with Crippen molar-refractivity contribution in [3.8, 4) is 5.75 Å². The van der Waals surface area contributed by atoms with Gasteiger partial charge in [0, 0.05) is 6.04 Å². The van der Waals surface area contributed by atoms with E-state index in [1.54, 1.807) is 0 Å². The Morgan fingerprint density at radius 3 is 2.73 bits per heavy atom. The van der Waals surface area contributed by atoms with Gasteiger partial charge in [-0.1, -0.05) is 0 Å². The molecule has 0 aliphatic carbocycles. The number of hydrogen-bond donors (Lipinski definition) is 1. The molecule has 0 bridgehead atoms. The number of Topliss-reactive ketones (excluding diaryl/α,β-unsaturated/α-hetero) is 1. The molecule has 2 rings (SSSR count). The Morgan fingerprint density at radius 1 is 1.41 bits per heavy atom. The van der Waals surface area contributed by atoms with E-state index in [0.717, 1.165) is 12.1 Å². The number of sulfone groups is 1. The Labute approximate surface area is 127 Å². The third-order valence-electron chi connectivity index (χ3n) is 3.28. The first-order valence-electron chi connectivity index (χ1n) is 6.70. The maximum atomic E-state index is 13.1. The Bertz CT molecular complexity index is 701. The van der Waals surface area contributed by atoms with Gasteiger partial charge in [0.05, 0.1) is 17.1 Å². The molecule has 1 saturated heterocycles. The Morgan fingerprint density at radius 2 is 2.14 bits per heavy atom. The van der Waals surface area contributed by atoms with Crippen molar-refractivity contribution in [1.82, 2.24) is 5.32 Å². The lowest BCUT2D eigenvalue weighted by Gasteiger charge is -2.13. The molecule has 1 heterocycles. The smallest absolute Gasteiger partial charge is 0.258 e. The molecule has 6 nitrogen and oxygen atoms in total. The van der Waals surface area contributed by atoms with Crippen molar-refractivity contribution >= 4 is 21.5 Å². The molecule has 1 atom stereocenters. The second kappa shape index (κ2) is 6.43. The van der Waals surface area contributed by atoms with Crippen molar-refractivity contribution in [3.63, 3.8) is 0 Å². The van der Waals surface area contributed by atoms with Crippen LogP contribution in [0.2, 0.25) is 0 Å². The summed E-state index contributed by atoms with van der Waals surface area (Å²) in [6.07, 6.45) is 0.378. The maximum absolute atomic E-state index is 13.1.